The SMILES string of the molecule is C=CCN(C)C(=O)[C@@H]1[C@H]2C(=O)N(CCCCO)C(C(=O)N(CC=C)CCCCC)C23CC[C@@]1(C)O3. The number of hydrogen-bond donors (Lipinski definition) is 1. The van der Waals surface area contributed by atoms with Crippen molar-refractivity contribution in [1.82, 2.24) is 14.7 Å². The molecule has 0 aromatic carbocycles. The number of amides is 3. The van der Waals surface area contributed by atoms with Gasteiger partial charge in [-0.2, -0.15) is 0 Å². The maximum atomic E-state index is 14.1. The molecular formula is C27H43N3O5. The minimum atomic E-state index is -1.01. The van der Waals surface area contributed by atoms with Gasteiger partial charge >= 0.3 is 0 Å². The molecule has 0 aromatic rings. The number of aliphatic hydroxyl groups excluding tert-OH is 1. The van der Waals surface area contributed by atoms with Crippen LogP contribution in [0.5, 0.6) is 0 Å². The average Bonchev–Trinajstić information content (AvgIpc) is 3.39. The first-order valence-electron chi connectivity index (χ1n) is 13.1. The summed E-state index contributed by atoms with van der Waals surface area (Å²) in [5.41, 5.74) is -1.80. The van der Waals surface area contributed by atoms with E-state index in [4.69, 9.17) is 4.74 Å². The van der Waals surface area contributed by atoms with Gasteiger partial charge in [-0.1, -0.05) is 31.9 Å². The fraction of sp³-hybridized carbons (Fsp3) is 0.741. The Bertz CT molecular complexity index is 832. The second-order valence-electron chi connectivity index (χ2n) is 10.5. The summed E-state index contributed by atoms with van der Waals surface area (Å²) in [4.78, 5) is 46.7. The van der Waals surface area contributed by atoms with E-state index in [1.807, 2.05) is 6.92 Å². The number of likely N-dealkylation sites (N-methyl/N-ethyl adjacent to an activating group) is 1. The van der Waals surface area contributed by atoms with Gasteiger partial charge in [0.25, 0.3) is 0 Å². The molecular weight excluding hydrogens is 446 g/mol. The Balaban J connectivity index is 2.00. The van der Waals surface area contributed by atoms with Crippen LogP contribution in [0.25, 0.3) is 0 Å². The largest absolute Gasteiger partial charge is 0.396 e. The van der Waals surface area contributed by atoms with Gasteiger partial charge < -0.3 is 24.5 Å². The number of hydrogen-bond acceptors (Lipinski definition) is 5. The molecule has 3 saturated heterocycles. The number of rotatable bonds is 14. The van der Waals surface area contributed by atoms with E-state index >= 15 is 0 Å². The van der Waals surface area contributed by atoms with Gasteiger partial charge in [0, 0.05) is 39.8 Å². The zero-order valence-corrected chi connectivity index (χ0v) is 21.7. The average molecular weight is 490 g/mol. The normalized spacial score (nSPS) is 30.9. The fourth-order valence-corrected chi connectivity index (χ4v) is 6.41. The molecule has 1 N–H and O–H groups in total. The Hall–Kier alpha value is -2.19. The third-order valence-corrected chi connectivity index (χ3v) is 8.06. The first-order valence-corrected chi connectivity index (χ1v) is 13.1. The highest BCUT2D eigenvalue weighted by molar-refractivity contribution is 5.99. The predicted molar refractivity (Wildman–Crippen MR) is 134 cm³/mol. The molecule has 3 fully saturated rings. The molecule has 8 heteroatoms. The van der Waals surface area contributed by atoms with Gasteiger partial charge in [0.15, 0.2) is 0 Å². The molecule has 1 spiro atoms. The van der Waals surface area contributed by atoms with Gasteiger partial charge in [-0.05, 0) is 39.0 Å². The van der Waals surface area contributed by atoms with Gasteiger partial charge in [0.05, 0.1) is 17.4 Å². The van der Waals surface area contributed by atoms with Gasteiger partial charge in [0.1, 0.15) is 11.6 Å². The highest BCUT2D eigenvalue weighted by Crippen LogP contribution is 2.63. The Labute approximate surface area is 210 Å². The maximum absolute atomic E-state index is 14.1. The van der Waals surface area contributed by atoms with Crippen molar-refractivity contribution in [3.63, 3.8) is 0 Å². The molecule has 5 atom stereocenters. The van der Waals surface area contributed by atoms with Gasteiger partial charge in [-0.3, -0.25) is 14.4 Å². The fourth-order valence-electron chi connectivity index (χ4n) is 6.41. The first-order chi connectivity index (χ1) is 16.7. The van der Waals surface area contributed by atoms with Crippen molar-refractivity contribution in [2.24, 2.45) is 11.8 Å². The van der Waals surface area contributed by atoms with E-state index in [0.29, 0.717) is 51.9 Å². The summed E-state index contributed by atoms with van der Waals surface area (Å²) in [6.45, 7) is 13.4. The van der Waals surface area contributed by atoms with Crippen molar-refractivity contribution in [1.29, 1.82) is 0 Å². The van der Waals surface area contributed by atoms with Crippen LogP contribution >= 0.6 is 0 Å². The number of carbonyl (C=O) groups is 3. The molecule has 3 heterocycles. The van der Waals surface area contributed by atoms with Gasteiger partial charge in [0.2, 0.25) is 17.7 Å². The van der Waals surface area contributed by atoms with E-state index in [-0.39, 0.29) is 24.3 Å². The summed E-state index contributed by atoms with van der Waals surface area (Å²) in [7, 11) is 1.71. The molecule has 2 bridgehead atoms. The Morgan fingerprint density at radius 2 is 1.86 bits per heavy atom. The molecule has 0 radical (unpaired) electrons. The van der Waals surface area contributed by atoms with Crippen molar-refractivity contribution in [3.8, 4) is 0 Å². The van der Waals surface area contributed by atoms with E-state index in [2.05, 4.69) is 20.1 Å². The van der Waals surface area contributed by atoms with Crippen LogP contribution in [0.4, 0.5) is 0 Å². The van der Waals surface area contributed by atoms with Crippen molar-refractivity contribution in [3.05, 3.63) is 25.3 Å². The zero-order chi connectivity index (χ0) is 25.8. The van der Waals surface area contributed by atoms with E-state index in [1.165, 1.54) is 0 Å². The number of likely N-dealkylation sites (tertiary alicyclic amines) is 1. The predicted octanol–water partition coefficient (Wildman–Crippen LogP) is 2.37. The molecule has 35 heavy (non-hydrogen) atoms. The van der Waals surface area contributed by atoms with Crippen LogP contribution in [0.15, 0.2) is 25.3 Å². The monoisotopic (exact) mass is 489 g/mol. The summed E-state index contributed by atoms with van der Waals surface area (Å²) < 4.78 is 6.67. The summed E-state index contributed by atoms with van der Waals surface area (Å²) in [6, 6.07) is -0.774. The quantitative estimate of drug-likeness (QED) is 0.299. The van der Waals surface area contributed by atoms with Crippen LogP contribution < -0.4 is 0 Å². The second kappa shape index (κ2) is 11.2. The van der Waals surface area contributed by atoms with Crippen LogP contribution in [0.3, 0.4) is 0 Å². The van der Waals surface area contributed by atoms with Crippen LogP contribution in [0.2, 0.25) is 0 Å². The Morgan fingerprint density at radius 3 is 2.49 bits per heavy atom. The van der Waals surface area contributed by atoms with Gasteiger partial charge in [-0.15, -0.1) is 13.2 Å². The minimum absolute atomic E-state index is 0.0247. The Kier molecular flexibility index (Phi) is 8.81. The number of fused-ring (bicyclic) bond motifs is 1. The molecule has 0 aliphatic carbocycles. The second-order valence-corrected chi connectivity index (χ2v) is 10.5. The lowest BCUT2D eigenvalue weighted by atomic mass is 9.66. The van der Waals surface area contributed by atoms with Gasteiger partial charge in [-0.25, -0.2) is 0 Å². The molecule has 196 valence electrons. The van der Waals surface area contributed by atoms with E-state index in [9.17, 15) is 19.5 Å². The standard InChI is InChI=1S/C27H43N3O5/c1-6-9-10-17-29(16-8-3)25(34)22-27-14-13-26(4,35-27)20(23(32)28(5)15-7-2)21(27)24(33)30(22)18-11-12-19-31/h7-8,20-22,31H,2-3,6,9-19H2,1,4-5H3/t20-,21-,22?,26+,27?/m0/s1. The van der Waals surface area contributed by atoms with E-state index in [1.54, 1.807) is 33.9 Å². The number of ether oxygens (including phenoxy) is 1. The van der Waals surface area contributed by atoms with E-state index in [0.717, 1.165) is 19.3 Å². The molecule has 3 amide bonds. The van der Waals surface area contributed by atoms with Crippen molar-refractivity contribution < 1.29 is 24.2 Å². The third kappa shape index (κ3) is 4.79. The smallest absolute Gasteiger partial charge is 0.248 e. The molecule has 0 saturated carbocycles. The summed E-state index contributed by atoms with van der Waals surface area (Å²) in [5.74, 6) is -1.77. The minimum Gasteiger partial charge on any atom is -0.396 e. The van der Waals surface area contributed by atoms with Crippen LogP contribution in [0.1, 0.15) is 58.8 Å². The van der Waals surface area contributed by atoms with Crippen LogP contribution in [-0.2, 0) is 19.1 Å². The molecule has 3 aliphatic heterocycles. The topological polar surface area (TPSA) is 90.4 Å². The Morgan fingerprint density at radius 1 is 1.14 bits per heavy atom. The zero-order valence-electron chi connectivity index (χ0n) is 21.7. The summed E-state index contributed by atoms with van der Waals surface area (Å²) in [5, 5.41) is 9.31. The molecule has 3 rings (SSSR count). The van der Waals surface area contributed by atoms with E-state index < -0.39 is 29.1 Å². The molecule has 0 aromatic heterocycles. The molecule has 3 aliphatic rings. The van der Waals surface area contributed by atoms with Crippen LogP contribution in [-0.4, -0.2) is 94.6 Å². The third-order valence-electron chi connectivity index (χ3n) is 8.06. The lowest BCUT2D eigenvalue weighted by Crippen LogP contribution is -2.56. The first kappa shape index (κ1) is 27.4. The maximum Gasteiger partial charge on any atom is 0.248 e. The summed E-state index contributed by atoms with van der Waals surface area (Å²) in [6.07, 6.45) is 8.63. The molecule has 8 nitrogen and oxygen atoms in total. The number of carbonyl (C=O) groups excluding carboxylic acids is 3. The number of unbranched alkanes of at least 4 members (excludes halogenated alkanes) is 3. The lowest BCUT2D eigenvalue weighted by Gasteiger charge is -2.37. The number of aliphatic hydroxyl groups is 1. The highest BCUT2D eigenvalue weighted by atomic mass is 16.5. The number of nitrogens with zero attached hydrogens (tertiary/aromatic N) is 3. The van der Waals surface area contributed by atoms with Crippen LogP contribution in [0, 0.1) is 11.8 Å². The van der Waals surface area contributed by atoms with Crippen molar-refractivity contribution in [2.45, 2.75) is 76.0 Å². The van der Waals surface area contributed by atoms with Crippen molar-refractivity contribution >= 4 is 17.7 Å². The summed E-state index contributed by atoms with van der Waals surface area (Å²) >= 11 is 0. The highest BCUT2D eigenvalue weighted by Gasteiger charge is 2.78. The molecule has 2 unspecified atom stereocenters. The van der Waals surface area contributed by atoms with Crippen molar-refractivity contribution in [2.75, 3.05) is 39.8 Å². The lowest BCUT2D eigenvalue weighted by molar-refractivity contribution is -0.153.